The van der Waals surface area contributed by atoms with Gasteiger partial charge in [0.05, 0.1) is 6.42 Å². The van der Waals surface area contributed by atoms with Gasteiger partial charge in [-0.05, 0) is 37.0 Å². The van der Waals surface area contributed by atoms with Crippen molar-refractivity contribution in [3.63, 3.8) is 0 Å². The summed E-state index contributed by atoms with van der Waals surface area (Å²) >= 11 is 1.63. The Kier molecular flexibility index (Phi) is 6.44. The van der Waals surface area contributed by atoms with Crippen molar-refractivity contribution in [2.45, 2.75) is 19.4 Å². The van der Waals surface area contributed by atoms with E-state index in [0.717, 1.165) is 30.9 Å². The fourth-order valence-corrected chi connectivity index (χ4v) is 2.89. The summed E-state index contributed by atoms with van der Waals surface area (Å²) in [7, 11) is 2.11. The first-order chi connectivity index (χ1) is 10.2. The van der Waals surface area contributed by atoms with Crippen LogP contribution in [0.15, 0.2) is 47.8 Å². The van der Waals surface area contributed by atoms with E-state index >= 15 is 0 Å². The van der Waals surface area contributed by atoms with Gasteiger partial charge in [-0.2, -0.15) is 0 Å². The second-order valence-corrected chi connectivity index (χ2v) is 6.22. The number of carbonyl (C=O) groups is 1. The van der Waals surface area contributed by atoms with Gasteiger partial charge in [-0.25, -0.2) is 0 Å². The molecule has 0 saturated carbocycles. The maximum atomic E-state index is 11.7. The predicted octanol–water partition coefficient (Wildman–Crippen LogP) is 2.93. The first-order valence-corrected chi connectivity index (χ1v) is 8.13. The van der Waals surface area contributed by atoms with Gasteiger partial charge in [-0.3, -0.25) is 4.79 Å². The molecule has 1 aromatic carbocycles. The van der Waals surface area contributed by atoms with Crippen LogP contribution in [0.4, 0.5) is 0 Å². The normalized spacial score (nSPS) is 10.8. The van der Waals surface area contributed by atoms with Gasteiger partial charge in [-0.1, -0.05) is 36.4 Å². The Morgan fingerprint density at radius 2 is 2.00 bits per heavy atom. The number of thiophene rings is 1. The van der Waals surface area contributed by atoms with E-state index in [1.807, 2.05) is 23.6 Å². The molecular formula is C17H22N2OS. The minimum absolute atomic E-state index is 0.114. The zero-order valence-corrected chi connectivity index (χ0v) is 13.2. The third-order valence-electron chi connectivity index (χ3n) is 3.25. The lowest BCUT2D eigenvalue weighted by molar-refractivity contribution is -0.120. The smallest absolute Gasteiger partial charge is 0.225 e. The molecule has 0 aliphatic heterocycles. The molecule has 1 heterocycles. The molecule has 112 valence electrons. The molecule has 2 rings (SSSR count). The fourth-order valence-electron chi connectivity index (χ4n) is 2.18. The van der Waals surface area contributed by atoms with Gasteiger partial charge in [0.2, 0.25) is 5.91 Å². The molecule has 0 radical (unpaired) electrons. The van der Waals surface area contributed by atoms with Gasteiger partial charge in [0.1, 0.15) is 0 Å². The Labute approximate surface area is 130 Å². The molecule has 0 atom stereocenters. The summed E-state index contributed by atoms with van der Waals surface area (Å²) < 4.78 is 0. The van der Waals surface area contributed by atoms with Gasteiger partial charge in [0.25, 0.3) is 0 Å². The molecule has 0 saturated heterocycles. The zero-order chi connectivity index (χ0) is 14.9. The second-order valence-electron chi connectivity index (χ2n) is 5.18. The molecule has 1 N–H and O–H groups in total. The Hall–Kier alpha value is -1.65. The molecule has 0 spiro atoms. The molecular weight excluding hydrogens is 280 g/mol. The highest BCUT2D eigenvalue weighted by atomic mass is 32.1. The molecule has 0 aliphatic rings. The second kappa shape index (κ2) is 8.60. The van der Waals surface area contributed by atoms with Crippen LogP contribution in [0.3, 0.4) is 0 Å². The third-order valence-corrected chi connectivity index (χ3v) is 4.13. The van der Waals surface area contributed by atoms with Crippen molar-refractivity contribution >= 4 is 17.2 Å². The summed E-state index contributed by atoms with van der Waals surface area (Å²) in [6.07, 6.45) is 1.47. The van der Waals surface area contributed by atoms with Crippen molar-refractivity contribution in [2.75, 3.05) is 20.1 Å². The predicted molar refractivity (Wildman–Crippen MR) is 88.4 cm³/mol. The first-order valence-electron chi connectivity index (χ1n) is 7.25. The molecule has 1 amide bonds. The average molecular weight is 302 g/mol. The van der Waals surface area contributed by atoms with Crippen LogP contribution in [-0.2, 0) is 17.8 Å². The molecule has 0 unspecified atom stereocenters. The van der Waals surface area contributed by atoms with Crippen LogP contribution in [0.25, 0.3) is 0 Å². The average Bonchev–Trinajstić information content (AvgIpc) is 2.97. The maximum absolute atomic E-state index is 11.7. The first kappa shape index (κ1) is 15.7. The molecule has 0 aliphatic carbocycles. The van der Waals surface area contributed by atoms with E-state index < -0.39 is 0 Å². The van der Waals surface area contributed by atoms with E-state index in [1.54, 1.807) is 11.3 Å². The van der Waals surface area contributed by atoms with Crippen LogP contribution in [0.2, 0.25) is 0 Å². The SMILES string of the molecule is CN(CCCNC(=O)Cc1cccs1)Cc1ccccc1. The minimum atomic E-state index is 0.114. The largest absolute Gasteiger partial charge is 0.356 e. The quantitative estimate of drug-likeness (QED) is 0.760. The van der Waals surface area contributed by atoms with Crippen LogP contribution >= 0.6 is 11.3 Å². The number of hydrogen-bond donors (Lipinski definition) is 1. The summed E-state index contributed by atoms with van der Waals surface area (Å²) in [6, 6.07) is 14.4. The summed E-state index contributed by atoms with van der Waals surface area (Å²) in [5, 5.41) is 4.98. The number of benzene rings is 1. The summed E-state index contributed by atoms with van der Waals surface area (Å²) in [6.45, 7) is 2.67. The van der Waals surface area contributed by atoms with Crippen LogP contribution in [-0.4, -0.2) is 30.9 Å². The van der Waals surface area contributed by atoms with E-state index in [1.165, 1.54) is 5.56 Å². The van der Waals surface area contributed by atoms with Crippen molar-refractivity contribution in [2.24, 2.45) is 0 Å². The lowest BCUT2D eigenvalue weighted by Crippen LogP contribution is -2.29. The van der Waals surface area contributed by atoms with Crippen molar-refractivity contribution in [1.82, 2.24) is 10.2 Å². The highest BCUT2D eigenvalue weighted by Gasteiger charge is 2.04. The van der Waals surface area contributed by atoms with E-state index in [-0.39, 0.29) is 5.91 Å². The molecule has 2 aromatic rings. The van der Waals surface area contributed by atoms with E-state index in [2.05, 4.69) is 41.5 Å². The highest BCUT2D eigenvalue weighted by Crippen LogP contribution is 2.08. The zero-order valence-electron chi connectivity index (χ0n) is 12.4. The lowest BCUT2D eigenvalue weighted by atomic mass is 10.2. The molecule has 4 heteroatoms. The van der Waals surface area contributed by atoms with Gasteiger partial charge in [0.15, 0.2) is 0 Å². The van der Waals surface area contributed by atoms with Gasteiger partial charge in [-0.15, -0.1) is 11.3 Å². The van der Waals surface area contributed by atoms with Gasteiger partial charge < -0.3 is 10.2 Å². The molecule has 0 fully saturated rings. The summed E-state index contributed by atoms with van der Waals surface area (Å²) in [5.74, 6) is 0.114. The number of nitrogens with zero attached hydrogens (tertiary/aromatic N) is 1. The number of amides is 1. The molecule has 21 heavy (non-hydrogen) atoms. The van der Waals surface area contributed by atoms with E-state index in [4.69, 9.17) is 0 Å². The minimum Gasteiger partial charge on any atom is -0.356 e. The van der Waals surface area contributed by atoms with Crippen LogP contribution < -0.4 is 5.32 Å². The number of carbonyl (C=O) groups excluding carboxylic acids is 1. The van der Waals surface area contributed by atoms with Crippen LogP contribution in [0.1, 0.15) is 16.9 Å². The molecule has 1 aromatic heterocycles. The fraction of sp³-hybridized carbons (Fsp3) is 0.353. The van der Waals surface area contributed by atoms with Crippen LogP contribution in [0, 0.1) is 0 Å². The Bertz CT molecular complexity index is 525. The van der Waals surface area contributed by atoms with Crippen molar-refractivity contribution in [3.8, 4) is 0 Å². The Balaban J connectivity index is 1.58. The van der Waals surface area contributed by atoms with Crippen molar-refractivity contribution in [3.05, 3.63) is 58.3 Å². The van der Waals surface area contributed by atoms with Crippen molar-refractivity contribution in [1.29, 1.82) is 0 Å². The van der Waals surface area contributed by atoms with Gasteiger partial charge >= 0.3 is 0 Å². The third kappa shape index (κ3) is 6.10. The van der Waals surface area contributed by atoms with Crippen molar-refractivity contribution < 1.29 is 4.79 Å². The van der Waals surface area contributed by atoms with Crippen LogP contribution in [0.5, 0.6) is 0 Å². The summed E-state index contributed by atoms with van der Waals surface area (Å²) in [4.78, 5) is 15.1. The molecule has 3 nitrogen and oxygen atoms in total. The molecule has 0 bridgehead atoms. The maximum Gasteiger partial charge on any atom is 0.225 e. The number of hydrogen-bond acceptors (Lipinski definition) is 3. The number of nitrogens with one attached hydrogen (secondary N) is 1. The van der Waals surface area contributed by atoms with E-state index in [0.29, 0.717) is 6.42 Å². The van der Waals surface area contributed by atoms with E-state index in [9.17, 15) is 4.79 Å². The Morgan fingerprint density at radius 3 is 2.71 bits per heavy atom. The summed E-state index contributed by atoms with van der Waals surface area (Å²) in [5.41, 5.74) is 1.32. The highest BCUT2D eigenvalue weighted by molar-refractivity contribution is 7.10. The monoisotopic (exact) mass is 302 g/mol. The topological polar surface area (TPSA) is 32.3 Å². The standard InChI is InChI=1S/C17H22N2OS/c1-19(14-15-7-3-2-4-8-15)11-6-10-18-17(20)13-16-9-5-12-21-16/h2-5,7-9,12H,6,10-11,13-14H2,1H3,(H,18,20). The van der Waals surface area contributed by atoms with Gasteiger partial charge in [0, 0.05) is 18.0 Å². The lowest BCUT2D eigenvalue weighted by Gasteiger charge is -2.16. The Morgan fingerprint density at radius 1 is 1.19 bits per heavy atom. The number of rotatable bonds is 8.